The van der Waals surface area contributed by atoms with Gasteiger partial charge in [0.05, 0.1) is 15.4 Å². The van der Waals surface area contributed by atoms with E-state index in [1.807, 2.05) is 13.8 Å². The van der Waals surface area contributed by atoms with Crippen molar-refractivity contribution in [3.05, 3.63) is 50.2 Å². The normalized spacial score (nSPS) is 12.2. The number of aliphatic carboxylic acids is 1. The summed E-state index contributed by atoms with van der Waals surface area (Å²) < 4.78 is 21.0. The Hall–Kier alpha value is -2.13. The van der Waals surface area contributed by atoms with Crippen LogP contribution in [-0.2, 0) is 16.0 Å². The molecule has 2 aromatic rings. The van der Waals surface area contributed by atoms with Gasteiger partial charge in [0.15, 0.2) is 17.3 Å². The molecule has 0 aliphatic rings. The van der Waals surface area contributed by atoms with Crippen molar-refractivity contribution in [3.8, 4) is 17.2 Å². The minimum atomic E-state index is -1.09. The summed E-state index contributed by atoms with van der Waals surface area (Å²) in [6, 6.07) is 5.04. The molecule has 2 aromatic carbocycles. The fourth-order valence-electron chi connectivity index (χ4n) is 2.95. The van der Waals surface area contributed by atoms with Crippen molar-refractivity contribution in [3.63, 3.8) is 0 Å². The number of rotatable bonds is 8. The highest BCUT2D eigenvalue weighted by molar-refractivity contribution is 9.11. The third-order valence-electron chi connectivity index (χ3n) is 4.58. The number of nitrogens with one attached hydrogen (secondary N) is 1. The molecule has 0 unspecified atom stereocenters. The van der Waals surface area contributed by atoms with E-state index >= 15 is 0 Å². The van der Waals surface area contributed by atoms with Crippen LogP contribution in [0.1, 0.15) is 44.7 Å². The SMILES string of the molecule is CC(C)c1cc(Oc2c(Br)cc(CC(=O)N[C@@H](C(=O)O)C(C)C)cc2Br)cc(F)c1O. The molecule has 0 aliphatic heterocycles. The van der Waals surface area contributed by atoms with Gasteiger partial charge in [0.1, 0.15) is 11.8 Å². The number of carboxylic acid groups (broad SMARTS) is 1. The molecular formula is C22H24Br2FNO5. The maximum atomic E-state index is 14.1. The Morgan fingerprint density at radius 1 is 1.10 bits per heavy atom. The van der Waals surface area contributed by atoms with Crippen LogP contribution in [0.3, 0.4) is 0 Å². The van der Waals surface area contributed by atoms with Gasteiger partial charge in [0.2, 0.25) is 5.91 Å². The Morgan fingerprint density at radius 3 is 2.16 bits per heavy atom. The number of hydrogen-bond donors (Lipinski definition) is 3. The highest BCUT2D eigenvalue weighted by Crippen LogP contribution is 2.40. The Bertz CT molecular complexity index is 971. The average molecular weight is 561 g/mol. The highest BCUT2D eigenvalue weighted by atomic mass is 79.9. The molecule has 9 heteroatoms. The molecule has 0 heterocycles. The van der Waals surface area contributed by atoms with Crippen LogP contribution in [0.15, 0.2) is 33.2 Å². The highest BCUT2D eigenvalue weighted by Gasteiger charge is 2.24. The summed E-state index contributed by atoms with van der Waals surface area (Å²) in [5.74, 6) is -2.46. The zero-order valence-corrected chi connectivity index (χ0v) is 20.7. The first-order valence-electron chi connectivity index (χ1n) is 9.61. The summed E-state index contributed by atoms with van der Waals surface area (Å²) in [6.07, 6.45) is -0.0285. The molecule has 6 nitrogen and oxygen atoms in total. The van der Waals surface area contributed by atoms with Gasteiger partial charge in [0.25, 0.3) is 0 Å². The number of hydrogen-bond acceptors (Lipinski definition) is 4. The molecule has 1 amide bonds. The number of phenolic OH excluding ortho intramolecular Hbond substituents is 1. The quantitative estimate of drug-likeness (QED) is 0.382. The van der Waals surface area contributed by atoms with Crippen molar-refractivity contribution in [1.82, 2.24) is 5.32 Å². The van der Waals surface area contributed by atoms with Crippen molar-refractivity contribution in [2.75, 3.05) is 0 Å². The number of benzene rings is 2. The Labute approximate surface area is 197 Å². The zero-order valence-electron chi connectivity index (χ0n) is 17.5. The van der Waals surface area contributed by atoms with Gasteiger partial charge in [-0.2, -0.15) is 0 Å². The summed E-state index contributed by atoms with van der Waals surface area (Å²) in [6.45, 7) is 7.10. The lowest BCUT2D eigenvalue weighted by atomic mass is 10.0. The predicted octanol–water partition coefficient (Wildman–Crippen LogP) is 5.74. The zero-order chi connectivity index (χ0) is 23.5. The van der Waals surface area contributed by atoms with E-state index in [2.05, 4.69) is 37.2 Å². The van der Waals surface area contributed by atoms with E-state index in [0.717, 1.165) is 6.07 Å². The maximum Gasteiger partial charge on any atom is 0.326 e. The van der Waals surface area contributed by atoms with Crippen molar-refractivity contribution in [2.45, 2.75) is 46.1 Å². The first-order valence-corrected chi connectivity index (χ1v) is 11.2. The molecule has 168 valence electrons. The molecule has 0 spiro atoms. The number of aromatic hydroxyl groups is 1. The molecule has 31 heavy (non-hydrogen) atoms. The van der Waals surface area contributed by atoms with E-state index in [1.165, 1.54) is 0 Å². The van der Waals surface area contributed by atoms with Crippen LogP contribution >= 0.6 is 31.9 Å². The number of amides is 1. The molecule has 0 bridgehead atoms. The van der Waals surface area contributed by atoms with Crippen molar-refractivity contribution in [2.24, 2.45) is 5.92 Å². The lowest BCUT2D eigenvalue weighted by Gasteiger charge is -2.18. The lowest BCUT2D eigenvalue weighted by molar-refractivity contribution is -0.143. The van der Waals surface area contributed by atoms with E-state index in [9.17, 15) is 24.2 Å². The molecule has 0 aliphatic carbocycles. The van der Waals surface area contributed by atoms with Crippen LogP contribution < -0.4 is 10.1 Å². The molecule has 1 atom stereocenters. The number of carboxylic acids is 1. The minimum Gasteiger partial charge on any atom is -0.505 e. The summed E-state index contributed by atoms with van der Waals surface area (Å²) in [5, 5.41) is 21.6. The summed E-state index contributed by atoms with van der Waals surface area (Å²) in [7, 11) is 0. The largest absolute Gasteiger partial charge is 0.505 e. The second kappa shape index (κ2) is 10.5. The van der Waals surface area contributed by atoms with Gasteiger partial charge in [-0.3, -0.25) is 4.79 Å². The molecule has 0 aromatic heterocycles. The van der Waals surface area contributed by atoms with Crippen LogP contribution in [0.2, 0.25) is 0 Å². The Kier molecular flexibility index (Phi) is 8.48. The summed E-state index contributed by atoms with van der Waals surface area (Å²) in [4.78, 5) is 23.6. The summed E-state index contributed by atoms with van der Waals surface area (Å²) in [5.41, 5.74) is 1.05. The molecule has 0 saturated heterocycles. The number of phenols is 1. The minimum absolute atomic E-state index is 0.0285. The maximum absolute atomic E-state index is 14.1. The fraction of sp³-hybridized carbons (Fsp3) is 0.364. The fourth-order valence-corrected chi connectivity index (χ4v) is 4.39. The first-order chi connectivity index (χ1) is 14.4. The standard InChI is InChI=1S/C22H24Br2FNO5/c1-10(2)14-8-13(9-17(25)20(14)28)31-21-15(23)5-12(6-16(21)24)7-18(27)26-19(11(3)4)22(29)30/h5-6,8-11,19,28H,7H2,1-4H3,(H,26,27)(H,29,30)/t19-/m1/s1. The van der Waals surface area contributed by atoms with Crippen molar-refractivity contribution < 1.29 is 28.9 Å². The van der Waals surface area contributed by atoms with Crippen molar-refractivity contribution in [1.29, 1.82) is 0 Å². The van der Waals surface area contributed by atoms with E-state index in [0.29, 0.717) is 25.8 Å². The van der Waals surface area contributed by atoms with Gasteiger partial charge in [-0.15, -0.1) is 0 Å². The predicted molar refractivity (Wildman–Crippen MR) is 122 cm³/mol. The number of carbonyl (C=O) groups is 2. The van der Waals surface area contributed by atoms with Crippen LogP contribution in [0.5, 0.6) is 17.2 Å². The van der Waals surface area contributed by atoms with Gasteiger partial charge >= 0.3 is 5.97 Å². The molecule has 2 rings (SSSR count). The topological polar surface area (TPSA) is 95.9 Å². The molecular weight excluding hydrogens is 537 g/mol. The van der Waals surface area contributed by atoms with Crippen molar-refractivity contribution >= 4 is 43.7 Å². The smallest absolute Gasteiger partial charge is 0.326 e. The number of carbonyl (C=O) groups excluding carboxylic acids is 1. The van der Waals surface area contributed by atoms with Gasteiger partial charge in [0, 0.05) is 11.6 Å². The van der Waals surface area contributed by atoms with Gasteiger partial charge in [-0.1, -0.05) is 27.7 Å². The van der Waals surface area contributed by atoms with Crippen LogP contribution in [0.25, 0.3) is 0 Å². The third kappa shape index (κ3) is 6.43. The van der Waals surface area contributed by atoms with E-state index in [4.69, 9.17) is 4.74 Å². The summed E-state index contributed by atoms with van der Waals surface area (Å²) >= 11 is 6.80. The van der Waals surface area contributed by atoms with E-state index < -0.39 is 29.5 Å². The van der Waals surface area contributed by atoms with Gasteiger partial charge < -0.3 is 20.3 Å². The Morgan fingerprint density at radius 2 is 1.68 bits per heavy atom. The van der Waals surface area contributed by atoms with Crippen LogP contribution in [-0.4, -0.2) is 28.1 Å². The lowest BCUT2D eigenvalue weighted by Crippen LogP contribution is -2.44. The molecule has 0 saturated carbocycles. The second-order valence-electron chi connectivity index (χ2n) is 7.79. The second-order valence-corrected chi connectivity index (χ2v) is 9.50. The monoisotopic (exact) mass is 559 g/mol. The first kappa shape index (κ1) is 25.1. The van der Waals surface area contributed by atoms with E-state index in [1.54, 1.807) is 32.0 Å². The van der Waals surface area contributed by atoms with Crippen LogP contribution in [0, 0.1) is 11.7 Å². The van der Waals surface area contributed by atoms with Gasteiger partial charge in [-0.05, 0) is 67.5 Å². The number of ether oxygens (including phenoxy) is 1. The van der Waals surface area contributed by atoms with E-state index in [-0.39, 0.29) is 24.0 Å². The van der Waals surface area contributed by atoms with Crippen LogP contribution in [0.4, 0.5) is 4.39 Å². The van der Waals surface area contributed by atoms with Gasteiger partial charge in [-0.25, -0.2) is 9.18 Å². The molecule has 0 radical (unpaired) electrons. The average Bonchev–Trinajstić information content (AvgIpc) is 2.64. The number of halogens is 3. The molecule has 0 fully saturated rings. The third-order valence-corrected chi connectivity index (χ3v) is 5.76. The Balaban J connectivity index is 2.23. The molecule has 3 N–H and O–H groups in total.